The molecule has 8 heavy (non-hydrogen) atoms. The molecular formula is C5H10NO2. The fourth-order valence-corrected chi connectivity index (χ4v) is 0.322. The maximum Gasteiger partial charge on any atom is 0.252 e. The van der Waals surface area contributed by atoms with Crippen molar-refractivity contribution in [2.75, 3.05) is 0 Å². The van der Waals surface area contributed by atoms with Crippen LogP contribution in [0.1, 0.15) is 13.8 Å². The number of hydrogen-bond acceptors (Lipinski definition) is 2. The Balaban J connectivity index is 3.25. The fourth-order valence-electron chi connectivity index (χ4n) is 0.322. The van der Waals surface area contributed by atoms with E-state index in [-0.39, 0.29) is 6.04 Å². The molecule has 0 atom stereocenters. The molecule has 3 heteroatoms. The van der Waals surface area contributed by atoms with Crippen molar-refractivity contribution in [1.29, 1.82) is 0 Å². The number of nitrogens with one attached hydrogen (secondary N) is 1. The number of carbonyl (C=O) groups is 1. The molecule has 2 N–H and O–H groups in total. The molecule has 0 saturated carbocycles. The largest absolute Gasteiger partial charge is 0.380 e. The minimum Gasteiger partial charge on any atom is -0.380 e. The van der Waals surface area contributed by atoms with E-state index in [1.807, 2.05) is 13.8 Å². The van der Waals surface area contributed by atoms with E-state index in [2.05, 4.69) is 5.32 Å². The lowest BCUT2D eigenvalue weighted by Gasteiger charge is -2.03. The third kappa shape index (κ3) is 3.61. The maximum absolute atomic E-state index is 10.2. The average molecular weight is 116 g/mol. The molecule has 0 fully saturated rings. The summed E-state index contributed by atoms with van der Waals surface area (Å²) in [5.41, 5.74) is 0. The van der Waals surface area contributed by atoms with Gasteiger partial charge < -0.3 is 10.4 Å². The van der Waals surface area contributed by atoms with Gasteiger partial charge in [0.15, 0.2) is 6.61 Å². The number of aliphatic hydroxyl groups excluding tert-OH is 1. The van der Waals surface area contributed by atoms with Crippen molar-refractivity contribution in [3.05, 3.63) is 6.61 Å². The van der Waals surface area contributed by atoms with Gasteiger partial charge in [-0.15, -0.1) is 0 Å². The molecule has 1 amide bonds. The minimum absolute atomic E-state index is 0.0888. The average Bonchev–Trinajstić information content (AvgIpc) is 1.65. The van der Waals surface area contributed by atoms with Gasteiger partial charge in [0.05, 0.1) is 0 Å². The number of amides is 1. The van der Waals surface area contributed by atoms with Gasteiger partial charge >= 0.3 is 0 Å². The van der Waals surface area contributed by atoms with Gasteiger partial charge in [-0.05, 0) is 13.8 Å². The number of rotatable bonds is 2. The Morgan fingerprint density at radius 3 is 2.38 bits per heavy atom. The second kappa shape index (κ2) is 3.43. The summed E-state index contributed by atoms with van der Waals surface area (Å²) in [5, 5.41) is 10.5. The first-order valence-corrected chi connectivity index (χ1v) is 2.44. The number of carbonyl (C=O) groups excluding carboxylic acids is 1. The lowest BCUT2D eigenvalue weighted by molar-refractivity contribution is -0.121. The molecule has 0 aliphatic carbocycles. The Kier molecular flexibility index (Phi) is 3.19. The number of aliphatic hydroxyl groups is 1. The van der Waals surface area contributed by atoms with E-state index in [1.54, 1.807) is 0 Å². The van der Waals surface area contributed by atoms with E-state index in [9.17, 15) is 4.79 Å². The Bertz CT molecular complexity index is 80.5. The first kappa shape index (κ1) is 7.43. The van der Waals surface area contributed by atoms with Crippen molar-refractivity contribution >= 4 is 5.91 Å². The van der Waals surface area contributed by atoms with Crippen LogP contribution in [-0.4, -0.2) is 17.1 Å². The molecule has 0 aromatic heterocycles. The van der Waals surface area contributed by atoms with Crippen molar-refractivity contribution in [2.45, 2.75) is 19.9 Å². The van der Waals surface area contributed by atoms with E-state index in [0.717, 1.165) is 0 Å². The Hall–Kier alpha value is -0.570. The van der Waals surface area contributed by atoms with Gasteiger partial charge in [-0.25, -0.2) is 0 Å². The lowest BCUT2D eigenvalue weighted by Crippen LogP contribution is -2.29. The first-order valence-electron chi connectivity index (χ1n) is 2.44. The van der Waals surface area contributed by atoms with Crippen LogP contribution in [-0.2, 0) is 4.79 Å². The normalized spacial score (nSPS) is 9.50. The summed E-state index contributed by atoms with van der Waals surface area (Å²) in [6.07, 6.45) is 0. The molecule has 0 saturated heterocycles. The second-order valence-electron chi connectivity index (χ2n) is 1.79. The highest BCUT2D eigenvalue weighted by Crippen LogP contribution is 1.76. The predicted octanol–water partition coefficient (Wildman–Crippen LogP) is 0.0453. The van der Waals surface area contributed by atoms with Crippen LogP contribution in [0.15, 0.2) is 0 Å². The zero-order chi connectivity index (χ0) is 6.57. The standard InChI is InChI=1S/C5H10NO2/c1-4(2)6-5(8)3-7/h3-4,7H,1-2H3,(H,6,8). The molecule has 0 bridgehead atoms. The highest BCUT2D eigenvalue weighted by Gasteiger charge is 1.98. The molecule has 1 radical (unpaired) electrons. The second-order valence-corrected chi connectivity index (χ2v) is 1.79. The summed E-state index contributed by atoms with van der Waals surface area (Å²) in [4.78, 5) is 10.2. The molecular weight excluding hydrogens is 106 g/mol. The van der Waals surface area contributed by atoms with Gasteiger partial charge in [0.2, 0.25) is 0 Å². The third-order valence-electron chi connectivity index (χ3n) is 0.548. The summed E-state index contributed by atoms with van der Waals surface area (Å²) in [6.45, 7) is 4.16. The molecule has 0 aliphatic heterocycles. The minimum atomic E-state index is -0.444. The van der Waals surface area contributed by atoms with Crippen LogP contribution in [0, 0.1) is 6.61 Å². The smallest absolute Gasteiger partial charge is 0.252 e. The zero-order valence-corrected chi connectivity index (χ0v) is 5.01. The van der Waals surface area contributed by atoms with E-state index in [0.29, 0.717) is 6.61 Å². The van der Waals surface area contributed by atoms with Gasteiger partial charge in [0, 0.05) is 6.04 Å². The molecule has 0 spiro atoms. The highest BCUT2D eigenvalue weighted by atomic mass is 16.3. The van der Waals surface area contributed by atoms with Crippen molar-refractivity contribution in [3.8, 4) is 0 Å². The van der Waals surface area contributed by atoms with Crippen LogP contribution in [0.2, 0.25) is 0 Å². The SMILES string of the molecule is CC(C)NC(=O)[CH]O. The van der Waals surface area contributed by atoms with E-state index in [1.165, 1.54) is 0 Å². The monoisotopic (exact) mass is 116 g/mol. The third-order valence-corrected chi connectivity index (χ3v) is 0.548. The Morgan fingerprint density at radius 2 is 2.25 bits per heavy atom. The summed E-state index contributed by atoms with van der Waals surface area (Å²) in [5.74, 6) is -0.444. The Labute approximate surface area is 48.7 Å². The van der Waals surface area contributed by atoms with Crippen LogP contribution in [0.4, 0.5) is 0 Å². The zero-order valence-electron chi connectivity index (χ0n) is 5.01. The fraction of sp³-hybridized carbons (Fsp3) is 0.600. The summed E-state index contributed by atoms with van der Waals surface area (Å²) in [7, 11) is 0. The lowest BCUT2D eigenvalue weighted by atomic mass is 10.4. The molecule has 0 aliphatic rings. The summed E-state index contributed by atoms with van der Waals surface area (Å²) < 4.78 is 0. The predicted molar refractivity (Wildman–Crippen MR) is 29.5 cm³/mol. The van der Waals surface area contributed by atoms with E-state index < -0.39 is 5.91 Å². The van der Waals surface area contributed by atoms with Crippen LogP contribution in [0.25, 0.3) is 0 Å². The highest BCUT2D eigenvalue weighted by molar-refractivity contribution is 5.82. The topological polar surface area (TPSA) is 49.3 Å². The quantitative estimate of drug-likeness (QED) is 0.535. The summed E-state index contributed by atoms with van der Waals surface area (Å²) >= 11 is 0. The van der Waals surface area contributed by atoms with Gasteiger partial charge in [-0.3, -0.25) is 4.79 Å². The Morgan fingerprint density at radius 1 is 1.75 bits per heavy atom. The maximum atomic E-state index is 10.2. The number of hydrogen-bond donors (Lipinski definition) is 2. The van der Waals surface area contributed by atoms with Crippen LogP contribution >= 0.6 is 0 Å². The van der Waals surface area contributed by atoms with Crippen LogP contribution in [0.3, 0.4) is 0 Å². The van der Waals surface area contributed by atoms with E-state index in [4.69, 9.17) is 5.11 Å². The van der Waals surface area contributed by atoms with Gasteiger partial charge in [-0.2, -0.15) is 0 Å². The molecule has 0 rings (SSSR count). The van der Waals surface area contributed by atoms with Crippen LogP contribution < -0.4 is 5.32 Å². The molecule has 0 heterocycles. The van der Waals surface area contributed by atoms with Crippen molar-refractivity contribution in [1.82, 2.24) is 5.32 Å². The van der Waals surface area contributed by atoms with Gasteiger partial charge in [0.1, 0.15) is 0 Å². The molecule has 0 aromatic rings. The first-order chi connectivity index (χ1) is 3.66. The van der Waals surface area contributed by atoms with Crippen LogP contribution in [0.5, 0.6) is 0 Å². The summed E-state index contributed by atoms with van der Waals surface area (Å²) in [6, 6.07) is 0.0888. The van der Waals surface area contributed by atoms with Crippen molar-refractivity contribution in [3.63, 3.8) is 0 Å². The van der Waals surface area contributed by atoms with E-state index >= 15 is 0 Å². The van der Waals surface area contributed by atoms with Gasteiger partial charge in [-0.1, -0.05) is 0 Å². The molecule has 47 valence electrons. The molecule has 3 nitrogen and oxygen atoms in total. The molecule has 0 unspecified atom stereocenters. The van der Waals surface area contributed by atoms with Crippen molar-refractivity contribution < 1.29 is 9.90 Å². The van der Waals surface area contributed by atoms with Gasteiger partial charge in [0.25, 0.3) is 5.91 Å². The molecule has 0 aromatic carbocycles. The van der Waals surface area contributed by atoms with Crippen molar-refractivity contribution in [2.24, 2.45) is 0 Å².